The summed E-state index contributed by atoms with van der Waals surface area (Å²) in [4.78, 5) is 27.3. The van der Waals surface area contributed by atoms with Gasteiger partial charge in [-0.2, -0.15) is 0 Å². The first-order valence-corrected chi connectivity index (χ1v) is 9.23. The first-order valence-electron chi connectivity index (χ1n) is 8.85. The number of amides is 1. The van der Waals surface area contributed by atoms with Crippen molar-refractivity contribution in [2.45, 2.75) is 25.5 Å². The monoisotopic (exact) mass is 395 g/mol. The summed E-state index contributed by atoms with van der Waals surface area (Å²) in [5, 5.41) is 11.7. The summed E-state index contributed by atoms with van der Waals surface area (Å²) >= 11 is 6.12. The third-order valence-electron chi connectivity index (χ3n) is 4.97. The van der Waals surface area contributed by atoms with Gasteiger partial charge < -0.3 is 14.4 Å². The zero-order valence-corrected chi connectivity index (χ0v) is 15.9. The molecule has 4 rings (SSSR count). The SMILES string of the molecule is Cc1ccc(CN2C(=O)[C@@](O)(CC(=O)c3ccco3)c3cc(Cl)ccc32)cc1. The van der Waals surface area contributed by atoms with Crippen LogP contribution in [0.15, 0.2) is 65.3 Å². The van der Waals surface area contributed by atoms with Crippen molar-refractivity contribution < 1.29 is 19.1 Å². The van der Waals surface area contributed by atoms with E-state index in [0.29, 0.717) is 16.3 Å². The number of hydrogen-bond acceptors (Lipinski definition) is 4. The molecule has 1 aliphatic rings. The van der Waals surface area contributed by atoms with E-state index in [0.717, 1.165) is 11.1 Å². The van der Waals surface area contributed by atoms with Crippen LogP contribution in [0.3, 0.4) is 0 Å². The number of Topliss-reactive ketones (excluding diaryl/α,β-unsaturated/α-hetero) is 1. The number of furan rings is 1. The fourth-order valence-corrected chi connectivity index (χ4v) is 3.66. The van der Waals surface area contributed by atoms with Crippen LogP contribution >= 0.6 is 11.6 Å². The molecule has 3 aromatic rings. The van der Waals surface area contributed by atoms with Crippen LogP contribution < -0.4 is 4.90 Å². The first kappa shape index (κ1) is 18.5. The molecule has 1 aliphatic heterocycles. The first-order chi connectivity index (χ1) is 13.4. The van der Waals surface area contributed by atoms with E-state index in [9.17, 15) is 14.7 Å². The maximum atomic E-state index is 13.2. The molecule has 0 spiro atoms. The highest BCUT2D eigenvalue weighted by molar-refractivity contribution is 6.31. The number of carbonyl (C=O) groups excluding carboxylic acids is 2. The minimum Gasteiger partial charge on any atom is -0.461 e. The van der Waals surface area contributed by atoms with E-state index in [1.165, 1.54) is 17.2 Å². The number of aliphatic hydroxyl groups is 1. The van der Waals surface area contributed by atoms with Gasteiger partial charge in [0.05, 0.1) is 24.9 Å². The van der Waals surface area contributed by atoms with Crippen molar-refractivity contribution in [3.05, 3.63) is 88.3 Å². The van der Waals surface area contributed by atoms with Crippen molar-refractivity contribution in [2.75, 3.05) is 4.90 Å². The molecule has 1 atom stereocenters. The summed E-state index contributed by atoms with van der Waals surface area (Å²) in [6.07, 6.45) is 0.958. The summed E-state index contributed by atoms with van der Waals surface area (Å²) in [5.74, 6) is -0.906. The smallest absolute Gasteiger partial charge is 0.264 e. The Kier molecular flexibility index (Phi) is 4.57. The highest BCUT2D eigenvalue weighted by atomic mass is 35.5. The molecule has 0 bridgehead atoms. The van der Waals surface area contributed by atoms with E-state index in [1.54, 1.807) is 24.3 Å². The molecule has 28 heavy (non-hydrogen) atoms. The number of anilines is 1. The Morgan fingerprint density at radius 1 is 1.18 bits per heavy atom. The van der Waals surface area contributed by atoms with Crippen molar-refractivity contribution in [3.63, 3.8) is 0 Å². The topological polar surface area (TPSA) is 70.8 Å². The van der Waals surface area contributed by atoms with E-state index in [4.69, 9.17) is 16.0 Å². The number of benzene rings is 2. The van der Waals surface area contributed by atoms with Crippen molar-refractivity contribution >= 4 is 29.0 Å². The molecular weight excluding hydrogens is 378 g/mol. The summed E-state index contributed by atoms with van der Waals surface area (Å²) < 4.78 is 5.12. The van der Waals surface area contributed by atoms with E-state index in [1.807, 2.05) is 31.2 Å². The summed E-state index contributed by atoms with van der Waals surface area (Å²) in [5.41, 5.74) is 0.918. The Hall–Kier alpha value is -2.89. The van der Waals surface area contributed by atoms with Crippen LogP contribution in [0.4, 0.5) is 5.69 Å². The summed E-state index contributed by atoms with van der Waals surface area (Å²) in [6.45, 7) is 2.27. The van der Waals surface area contributed by atoms with Gasteiger partial charge in [0, 0.05) is 10.6 Å². The molecule has 6 heteroatoms. The van der Waals surface area contributed by atoms with Gasteiger partial charge in [-0.15, -0.1) is 0 Å². The highest BCUT2D eigenvalue weighted by Crippen LogP contribution is 2.44. The Balaban J connectivity index is 1.72. The summed E-state index contributed by atoms with van der Waals surface area (Å²) in [6, 6.07) is 15.8. The molecule has 1 N–H and O–H groups in total. The zero-order chi connectivity index (χ0) is 19.9. The molecule has 2 heterocycles. The maximum absolute atomic E-state index is 13.2. The van der Waals surface area contributed by atoms with Gasteiger partial charge in [-0.05, 0) is 42.8 Å². The number of halogens is 1. The fourth-order valence-electron chi connectivity index (χ4n) is 3.48. The Morgan fingerprint density at radius 3 is 2.61 bits per heavy atom. The molecule has 0 saturated carbocycles. The molecule has 0 radical (unpaired) electrons. The predicted octanol–water partition coefficient (Wildman–Crippen LogP) is 4.25. The lowest BCUT2D eigenvalue weighted by atomic mass is 9.89. The number of ketones is 1. The number of aryl methyl sites for hydroxylation is 1. The van der Waals surface area contributed by atoms with Crippen LogP contribution in [0.2, 0.25) is 5.02 Å². The second kappa shape index (κ2) is 6.93. The van der Waals surface area contributed by atoms with Crippen LogP contribution in [0.25, 0.3) is 0 Å². The van der Waals surface area contributed by atoms with Crippen molar-refractivity contribution in [2.24, 2.45) is 0 Å². The minimum absolute atomic E-state index is 0.0989. The second-order valence-corrected chi connectivity index (χ2v) is 7.41. The largest absolute Gasteiger partial charge is 0.461 e. The molecule has 5 nitrogen and oxygen atoms in total. The predicted molar refractivity (Wildman–Crippen MR) is 105 cm³/mol. The number of rotatable bonds is 5. The van der Waals surface area contributed by atoms with Gasteiger partial charge in [0.1, 0.15) is 0 Å². The molecule has 1 aromatic heterocycles. The Labute approximate surface area is 167 Å². The number of hydrogen-bond donors (Lipinski definition) is 1. The van der Waals surface area contributed by atoms with Gasteiger partial charge in [0.25, 0.3) is 5.91 Å². The molecule has 142 valence electrons. The minimum atomic E-state index is -1.99. The Morgan fingerprint density at radius 2 is 1.93 bits per heavy atom. The molecule has 0 fully saturated rings. The van der Waals surface area contributed by atoms with Crippen LogP contribution in [0, 0.1) is 6.92 Å². The molecule has 0 aliphatic carbocycles. The van der Waals surface area contributed by atoms with Crippen molar-refractivity contribution in [3.8, 4) is 0 Å². The average molecular weight is 396 g/mol. The second-order valence-electron chi connectivity index (χ2n) is 6.98. The van der Waals surface area contributed by atoms with Gasteiger partial charge in [-0.3, -0.25) is 9.59 Å². The van der Waals surface area contributed by atoms with E-state index >= 15 is 0 Å². The quantitative estimate of drug-likeness (QED) is 0.655. The highest BCUT2D eigenvalue weighted by Gasteiger charge is 2.51. The lowest BCUT2D eigenvalue weighted by Crippen LogP contribution is -2.41. The van der Waals surface area contributed by atoms with E-state index in [-0.39, 0.29) is 12.3 Å². The zero-order valence-electron chi connectivity index (χ0n) is 15.2. The van der Waals surface area contributed by atoms with Gasteiger partial charge in [-0.25, -0.2) is 0 Å². The maximum Gasteiger partial charge on any atom is 0.264 e. The van der Waals surface area contributed by atoms with Crippen LogP contribution in [-0.2, 0) is 16.9 Å². The van der Waals surface area contributed by atoms with Gasteiger partial charge in [0.2, 0.25) is 5.78 Å². The lowest BCUT2D eigenvalue weighted by Gasteiger charge is -2.22. The van der Waals surface area contributed by atoms with Crippen LogP contribution in [0.5, 0.6) is 0 Å². The number of fused-ring (bicyclic) bond motifs is 1. The standard InChI is InChI=1S/C22H18ClNO4/c1-14-4-6-15(7-5-14)13-24-18-9-8-16(23)11-17(18)22(27,21(24)26)12-19(25)20-3-2-10-28-20/h2-11,27H,12-13H2,1H3/t22-/m1/s1. The fraction of sp³-hybridized carbons (Fsp3) is 0.182. The van der Waals surface area contributed by atoms with Gasteiger partial charge in [0.15, 0.2) is 11.4 Å². The van der Waals surface area contributed by atoms with E-state index in [2.05, 4.69) is 0 Å². The molecule has 0 unspecified atom stereocenters. The third-order valence-corrected chi connectivity index (χ3v) is 5.20. The van der Waals surface area contributed by atoms with Gasteiger partial charge in [-0.1, -0.05) is 41.4 Å². The van der Waals surface area contributed by atoms with Crippen LogP contribution in [-0.4, -0.2) is 16.8 Å². The number of carbonyl (C=O) groups is 2. The molecular formula is C22H18ClNO4. The Bertz CT molecular complexity index is 1040. The average Bonchev–Trinajstić information content (AvgIpc) is 3.27. The van der Waals surface area contributed by atoms with Crippen LogP contribution in [0.1, 0.15) is 33.7 Å². The van der Waals surface area contributed by atoms with Crippen molar-refractivity contribution in [1.82, 2.24) is 0 Å². The van der Waals surface area contributed by atoms with E-state index < -0.39 is 23.7 Å². The molecule has 2 aromatic carbocycles. The summed E-state index contributed by atoms with van der Waals surface area (Å²) in [7, 11) is 0. The normalized spacial score (nSPS) is 18.4. The number of nitrogens with zero attached hydrogens (tertiary/aromatic N) is 1. The van der Waals surface area contributed by atoms with Crippen molar-refractivity contribution in [1.29, 1.82) is 0 Å². The van der Waals surface area contributed by atoms with Gasteiger partial charge >= 0.3 is 0 Å². The molecule has 0 saturated heterocycles. The lowest BCUT2D eigenvalue weighted by molar-refractivity contribution is -0.136. The molecule has 1 amide bonds. The third kappa shape index (κ3) is 3.13.